The van der Waals surface area contributed by atoms with E-state index in [0.717, 1.165) is 75.1 Å². The number of amides is 1. The molecule has 34 heavy (non-hydrogen) atoms. The zero-order valence-electron chi connectivity index (χ0n) is 21.5. The quantitative estimate of drug-likeness (QED) is 0.574. The molecule has 0 spiro atoms. The first-order valence-electron chi connectivity index (χ1n) is 13.1. The van der Waals surface area contributed by atoms with Gasteiger partial charge in [-0.3, -0.25) is 9.69 Å². The van der Waals surface area contributed by atoms with E-state index in [9.17, 15) is 4.79 Å². The van der Waals surface area contributed by atoms with Gasteiger partial charge in [0.2, 0.25) is 11.8 Å². The average molecular weight is 467 g/mol. The Morgan fingerprint density at radius 3 is 2.53 bits per heavy atom. The number of hydrogen-bond acceptors (Lipinski definition) is 5. The normalized spacial score (nSPS) is 22.7. The second-order valence-corrected chi connectivity index (χ2v) is 10.8. The first kappa shape index (κ1) is 24.9. The van der Waals surface area contributed by atoms with Crippen LogP contribution in [0.25, 0.3) is 11.5 Å². The molecular formula is C28H42N4O2. The van der Waals surface area contributed by atoms with E-state index in [1.54, 1.807) is 6.26 Å². The number of aryl methyl sites for hydroxylation is 2. The number of hydrogen-bond donors (Lipinski definition) is 1. The molecule has 6 nitrogen and oxygen atoms in total. The molecule has 1 N–H and O–H groups in total. The van der Waals surface area contributed by atoms with Crippen molar-refractivity contribution >= 4 is 5.91 Å². The molecule has 2 aliphatic rings. The zero-order chi connectivity index (χ0) is 24.1. The summed E-state index contributed by atoms with van der Waals surface area (Å²) in [5.74, 6) is 2.63. The molecular weight excluding hydrogens is 424 g/mol. The van der Waals surface area contributed by atoms with Crippen LogP contribution in [0.5, 0.6) is 0 Å². The fourth-order valence-corrected chi connectivity index (χ4v) is 5.60. The van der Waals surface area contributed by atoms with Gasteiger partial charge in [-0.25, -0.2) is 4.98 Å². The number of oxazole rings is 1. The number of aromatic nitrogens is 1. The standard InChI is InChI=1S/C28H42N4O2/c1-20-14-21(2)17-32(16-20)11-5-10-29-27(33)24-8-12-31(13-9-24)18-26-19-34-28(30-26)25-7-6-22(3)23(4)15-25/h6-7,15,19-21,24H,5,8-14,16-18H2,1-4H3,(H,29,33)/t20-,21+. The topological polar surface area (TPSA) is 61.6 Å². The molecule has 3 heterocycles. The van der Waals surface area contributed by atoms with Crippen LogP contribution in [0.15, 0.2) is 28.9 Å². The van der Waals surface area contributed by atoms with E-state index < -0.39 is 0 Å². The number of carbonyl (C=O) groups excluding carboxylic acids is 1. The maximum Gasteiger partial charge on any atom is 0.226 e. The van der Waals surface area contributed by atoms with Crippen molar-refractivity contribution in [1.29, 1.82) is 0 Å². The Morgan fingerprint density at radius 2 is 1.82 bits per heavy atom. The minimum absolute atomic E-state index is 0.134. The number of carbonyl (C=O) groups is 1. The molecule has 0 unspecified atom stereocenters. The highest BCUT2D eigenvalue weighted by Crippen LogP contribution is 2.24. The Morgan fingerprint density at radius 1 is 1.09 bits per heavy atom. The number of benzene rings is 1. The predicted octanol–water partition coefficient (Wildman–Crippen LogP) is 4.65. The van der Waals surface area contributed by atoms with Crippen LogP contribution in [0.3, 0.4) is 0 Å². The SMILES string of the molecule is Cc1ccc(-c2nc(CN3CCC(C(=O)NCCCN4C[C@H](C)C[C@H](C)C4)CC3)co2)cc1C. The molecule has 1 aromatic carbocycles. The van der Waals surface area contributed by atoms with Crippen LogP contribution in [-0.4, -0.2) is 60.0 Å². The third-order valence-corrected chi connectivity index (χ3v) is 7.54. The van der Waals surface area contributed by atoms with Gasteiger partial charge >= 0.3 is 0 Å². The third kappa shape index (κ3) is 6.70. The largest absolute Gasteiger partial charge is 0.444 e. The molecule has 0 radical (unpaired) electrons. The Hall–Kier alpha value is -2.18. The predicted molar refractivity (Wildman–Crippen MR) is 136 cm³/mol. The number of nitrogens with zero attached hydrogens (tertiary/aromatic N) is 3. The molecule has 0 aliphatic carbocycles. The van der Waals surface area contributed by atoms with E-state index in [1.165, 1.54) is 30.6 Å². The van der Waals surface area contributed by atoms with Crippen molar-refractivity contribution in [3.05, 3.63) is 41.3 Å². The van der Waals surface area contributed by atoms with E-state index >= 15 is 0 Å². The first-order chi connectivity index (χ1) is 16.4. The lowest BCUT2D eigenvalue weighted by atomic mass is 9.92. The van der Waals surface area contributed by atoms with Gasteiger partial charge in [0.15, 0.2) is 0 Å². The van der Waals surface area contributed by atoms with Gasteiger partial charge in [0, 0.05) is 37.7 Å². The fraction of sp³-hybridized carbons (Fsp3) is 0.643. The molecule has 1 amide bonds. The first-order valence-corrected chi connectivity index (χ1v) is 13.1. The Kier molecular flexibility index (Phi) is 8.43. The van der Waals surface area contributed by atoms with Crippen LogP contribution in [0.4, 0.5) is 0 Å². The van der Waals surface area contributed by atoms with Crippen molar-refractivity contribution in [2.24, 2.45) is 17.8 Å². The van der Waals surface area contributed by atoms with Crippen molar-refractivity contribution in [2.75, 3.05) is 39.3 Å². The summed E-state index contributed by atoms with van der Waals surface area (Å²) in [6.45, 7) is 15.8. The van der Waals surface area contributed by atoms with Crippen molar-refractivity contribution in [3.8, 4) is 11.5 Å². The van der Waals surface area contributed by atoms with Gasteiger partial charge in [-0.2, -0.15) is 0 Å². The monoisotopic (exact) mass is 466 g/mol. The highest BCUT2D eigenvalue weighted by Gasteiger charge is 2.26. The van der Waals surface area contributed by atoms with Crippen LogP contribution in [0, 0.1) is 31.6 Å². The number of likely N-dealkylation sites (tertiary alicyclic amines) is 2. The van der Waals surface area contributed by atoms with Crippen LogP contribution in [-0.2, 0) is 11.3 Å². The number of rotatable bonds is 8. The van der Waals surface area contributed by atoms with E-state index in [1.807, 2.05) is 0 Å². The molecule has 2 fully saturated rings. The van der Waals surface area contributed by atoms with E-state index in [0.29, 0.717) is 5.89 Å². The fourth-order valence-electron chi connectivity index (χ4n) is 5.60. The maximum absolute atomic E-state index is 12.7. The molecule has 0 saturated carbocycles. The van der Waals surface area contributed by atoms with E-state index in [2.05, 4.69) is 61.0 Å². The molecule has 186 valence electrons. The summed E-state index contributed by atoms with van der Waals surface area (Å²) in [6.07, 6.45) is 5.98. The lowest BCUT2D eigenvalue weighted by molar-refractivity contribution is -0.126. The second-order valence-electron chi connectivity index (χ2n) is 10.8. The van der Waals surface area contributed by atoms with Crippen LogP contribution < -0.4 is 5.32 Å². The van der Waals surface area contributed by atoms with Gasteiger partial charge in [-0.15, -0.1) is 0 Å². The van der Waals surface area contributed by atoms with E-state index in [-0.39, 0.29) is 11.8 Å². The minimum atomic E-state index is 0.134. The van der Waals surface area contributed by atoms with Crippen LogP contribution in [0.2, 0.25) is 0 Å². The van der Waals surface area contributed by atoms with Crippen molar-refractivity contribution in [3.63, 3.8) is 0 Å². The number of nitrogens with one attached hydrogen (secondary N) is 1. The smallest absolute Gasteiger partial charge is 0.226 e. The van der Waals surface area contributed by atoms with Gasteiger partial charge in [0.05, 0.1) is 5.69 Å². The maximum atomic E-state index is 12.7. The Balaban J connectivity index is 1.15. The summed E-state index contributed by atoms with van der Waals surface area (Å²) < 4.78 is 5.75. The molecule has 2 aromatic rings. The van der Waals surface area contributed by atoms with Crippen molar-refractivity contribution in [1.82, 2.24) is 20.1 Å². The molecule has 2 saturated heterocycles. The Bertz CT molecular complexity index is 938. The second kappa shape index (κ2) is 11.5. The number of piperidine rings is 2. The zero-order valence-corrected chi connectivity index (χ0v) is 21.5. The Labute approximate surface area is 205 Å². The van der Waals surface area contributed by atoms with Crippen LogP contribution in [0.1, 0.15) is 56.4 Å². The van der Waals surface area contributed by atoms with Gasteiger partial charge < -0.3 is 14.6 Å². The van der Waals surface area contributed by atoms with Gasteiger partial charge in [0.25, 0.3) is 0 Å². The minimum Gasteiger partial charge on any atom is -0.444 e. The van der Waals surface area contributed by atoms with E-state index in [4.69, 9.17) is 9.40 Å². The summed E-state index contributed by atoms with van der Waals surface area (Å²) in [7, 11) is 0. The highest BCUT2D eigenvalue weighted by molar-refractivity contribution is 5.78. The summed E-state index contributed by atoms with van der Waals surface area (Å²) in [5.41, 5.74) is 4.49. The summed E-state index contributed by atoms with van der Waals surface area (Å²) in [6, 6.07) is 6.30. The molecule has 1 aromatic heterocycles. The molecule has 2 aliphatic heterocycles. The highest BCUT2D eigenvalue weighted by atomic mass is 16.3. The van der Waals surface area contributed by atoms with Crippen molar-refractivity contribution < 1.29 is 9.21 Å². The lowest BCUT2D eigenvalue weighted by Gasteiger charge is -2.35. The third-order valence-electron chi connectivity index (χ3n) is 7.54. The lowest BCUT2D eigenvalue weighted by Crippen LogP contribution is -2.42. The molecule has 0 bridgehead atoms. The summed E-state index contributed by atoms with van der Waals surface area (Å²) in [4.78, 5) is 22.3. The molecule has 6 heteroatoms. The summed E-state index contributed by atoms with van der Waals surface area (Å²) >= 11 is 0. The van der Waals surface area contributed by atoms with Gasteiger partial charge in [-0.05, 0) is 94.3 Å². The van der Waals surface area contributed by atoms with Crippen molar-refractivity contribution in [2.45, 2.75) is 59.9 Å². The summed E-state index contributed by atoms with van der Waals surface area (Å²) in [5, 5.41) is 3.20. The molecule has 4 rings (SSSR count). The average Bonchev–Trinajstić information content (AvgIpc) is 3.27. The van der Waals surface area contributed by atoms with Gasteiger partial charge in [0.1, 0.15) is 6.26 Å². The van der Waals surface area contributed by atoms with Crippen LogP contribution >= 0.6 is 0 Å². The molecule has 2 atom stereocenters. The van der Waals surface area contributed by atoms with Gasteiger partial charge in [-0.1, -0.05) is 19.9 Å².